The summed E-state index contributed by atoms with van der Waals surface area (Å²) in [6.45, 7) is 2.08. The van der Waals surface area contributed by atoms with Crippen molar-refractivity contribution in [2.75, 3.05) is 13.1 Å². The molecule has 1 unspecified atom stereocenters. The smallest absolute Gasteiger partial charge is 0.375 e. The Morgan fingerprint density at radius 2 is 2.00 bits per heavy atom. The lowest BCUT2D eigenvalue weighted by Crippen LogP contribution is -2.41. The van der Waals surface area contributed by atoms with Crippen LogP contribution in [0.25, 0.3) is 11.1 Å². The number of carbonyl (C=O) groups is 3. The van der Waals surface area contributed by atoms with Gasteiger partial charge in [-0.05, 0) is 18.6 Å². The SMILES string of the molecule is CC(OC(=O)c1occc1-c1ccccc1)C(=O)N1CCNC1=O. The van der Waals surface area contributed by atoms with Crippen LogP contribution in [-0.4, -0.2) is 42.0 Å². The molecule has 0 aliphatic carbocycles. The van der Waals surface area contributed by atoms with Gasteiger partial charge in [-0.2, -0.15) is 0 Å². The number of hydrogen-bond donors (Lipinski definition) is 1. The fourth-order valence-corrected chi connectivity index (χ4v) is 2.48. The van der Waals surface area contributed by atoms with Gasteiger partial charge in [0.25, 0.3) is 5.91 Å². The molecule has 1 aliphatic rings. The lowest BCUT2D eigenvalue weighted by molar-refractivity contribution is -0.136. The number of nitrogens with one attached hydrogen (secondary N) is 1. The third-order valence-corrected chi connectivity index (χ3v) is 3.69. The van der Waals surface area contributed by atoms with Gasteiger partial charge in [-0.3, -0.25) is 9.69 Å². The highest BCUT2D eigenvalue weighted by Gasteiger charge is 2.32. The fourth-order valence-electron chi connectivity index (χ4n) is 2.48. The summed E-state index contributed by atoms with van der Waals surface area (Å²) in [5, 5.41) is 2.52. The number of benzene rings is 1. The lowest BCUT2D eigenvalue weighted by atomic mass is 10.1. The highest BCUT2D eigenvalue weighted by atomic mass is 16.6. The van der Waals surface area contributed by atoms with E-state index in [4.69, 9.17) is 9.15 Å². The molecule has 1 aromatic carbocycles. The molecule has 1 fully saturated rings. The number of esters is 1. The molecule has 0 saturated carbocycles. The average Bonchev–Trinajstić information content (AvgIpc) is 3.23. The molecule has 2 aromatic rings. The number of nitrogens with zero attached hydrogens (tertiary/aromatic N) is 1. The van der Waals surface area contributed by atoms with Gasteiger partial charge < -0.3 is 14.5 Å². The minimum Gasteiger partial charge on any atom is -0.457 e. The number of furan rings is 1. The molecule has 3 amide bonds. The summed E-state index contributed by atoms with van der Waals surface area (Å²) in [5.41, 5.74) is 1.38. The number of urea groups is 1. The van der Waals surface area contributed by atoms with Crippen molar-refractivity contribution in [2.24, 2.45) is 0 Å². The summed E-state index contributed by atoms with van der Waals surface area (Å²) >= 11 is 0. The lowest BCUT2D eigenvalue weighted by Gasteiger charge is -2.17. The van der Waals surface area contributed by atoms with Crippen LogP contribution in [-0.2, 0) is 9.53 Å². The van der Waals surface area contributed by atoms with E-state index in [-0.39, 0.29) is 12.3 Å². The molecule has 3 rings (SSSR count). The molecule has 124 valence electrons. The van der Waals surface area contributed by atoms with Crippen molar-refractivity contribution in [3.8, 4) is 11.1 Å². The van der Waals surface area contributed by atoms with Crippen molar-refractivity contribution in [3.63, 3.8) is 0 Å². The fraction of sp³-hybridized carbons (Fsp3) is 0.235. The topological polar surface area (TPSA) is 88.8 Å². The number of hydrogen-bond acceptors (Lipinski definition) is 5. The maximum absolute atomic E-state index is 12.3. The van der Waals surface area contributed by atoms with Crippen molar-refractivity contribution in [1.29, 1.82) is 0 Å². The molecule has 7 nitrogen and oxygen atoms in total. The minimum atomic E-state index is -1.09. The monoisotopic (exact) mass is 328 g/mol. The number of imide groups is 1. The van der Waals surface area contributed by atoms with E-state index in [1.807, 2.05) is 30.3 Å². The summed E-state index contributed by atoms with van der Waals surface area (Å²) < 4.78 is 10.4. The van der Waals surface area contributed by atoms with E-state index in [0.717, 1.165) is 10.5 Å². The molecule has 1 aliphatic heterocycles. The van der Waals surface area contributed by atoms with Crippen LogP contribution in [0.3, 0.4) is 0 Å². The van der Waals surface area contributed by atoms with Gasteiger partial charge in [0.15, 0.2) is 6.10 Å². The zero-order valence-corrected chi connectivity index (χ0v) is 13.0. The number of rotatable bonds is 4. The Bertz CT molecular complexity index is 768. The summed E-state index contributed by atoms with van der Waals surface area (Å²) in [7, 11) is 0. The molecular formula is C17H16N2O5. The molecule has 1 atom stereocenters. The molecule has 0 spiro atoms. The van der Waals surface area contributed by atoms with Gasteiger partial charge in [-0.15, -0.1) is 0 Å². The minimum absolute atomic E-state index is 0.0201. The zero-order valence-electron chi connectivity index (χ0n) is 13.0. The van der Waals surface area contributed by atoms with Gasteiger partial charge >= 0.3 is 12.0 Å². The Balaban J connectivity index is 1.73. The first-order valence-corrected chi connectivity index (χ1v) is 7.51. The number of ether oxygens (including phenoxy) is 1. The second kappa shape index (κ2) is 6.57. The summed E-state index contributed by atoms with van der Waals surface area (Å²) in [6.07, 6.45) is 0.300. The van der Waals surface area contributed by atoms with E-state index in [2.05, 4.69) is 5.32 Å². The van der Waals surface area contributed by atoms with Gasteiger partial charge in [0, 0.05) is 18.7 Å². The van der Waals surface area contributed by atoms with Gasteiger partial charge in [0.05, 0.1) is 6.26 Å². The van der Waals surface area contributed by atoms with Crippen LogP contribution >= 0.6 is 0 Å². The average molecular weight is 328 g/mol. The molecule has 7 heteroatoms. The van der Waals surface area contributed by atoms with Gasteiger partial charge in [0.2, 0.25) is 5.76 Å². The van der Waals surface area contributed by atoms with Crippen molar-refractivity contribution >= 4 is 17.9 Å². The Hall–Kier alpha value is -3.09. The van der Waals surface area contributed by atoms with Crippen LogP contribution in [0.5, 0.6) is 0 Å². The maximum Gasteiger partial charge on any atom is 0.375 e. The summed E-state index contributed by atoms with van der Waals surface area (Å²) in [6, 6.07) is 10.4. The van der Waals surface area contributed by atoms with Gasteiger partial charge in [-0.25, -0.2) is 9.59 Å². The summed E-state index contributed by atoms with van der Waals surface area (Å²) in [5.74, 6) is -1.29. The first-order valence-electron chi connectivity index (χ1n) is 7.51. The van der Waals surface area contributed by atoms with Crippen LogP contribution in [0.2, 0.25) is 0 Å². The zero-order chi connectivity index (χ0) is 17.1. The van der Waals surface area contributed by atoms with Gasteiger partial charge in [0.1, 0.15) is 0 Å². The van der Waals surface area contributed by atoms with Crippen molar-refractivity contribution in [2.45, 2.75) is 13.0 Å². The molecule has 24 heavy (non-hydrogen) atoms. The van der Waals surface area contributed by atoms with Crippen molar-refractivity contribution in [1.82, 2.24) is 10.2 Å². The normalized spacial score (nSPS) is 15.0. The molecule has 2 heterocycles. The standard InChI is InChI=1S/C17H16N2O5/c1-11(15(20)19-9-8-18-17(19)22)24-16(21)14-13(7-10-23-14)12-5-3-2-4-6-12/h2-7,10-11H,8-9H2,1H3,(H,18,22). The molecule has 0 bridgehead atoms. The Kier molecular flexibility index (Phi) is 4.33. The van der Waals surface area contributed by atoms with Crippen molar-refractivity contribution in [3.05, 3.63) is 48.4 Å². The van der Waals surface area contributed by atoms with E-state index in [1.54, 1.807) is 6.07 Å². The third-order valence-electron chi connectivity index (χ3n) is 3.69. The van der Waals surface area contributed by atoms with E-state index in [0.29, 0.717) is 12.1 Å². The highest BCUT2D eigenvalue weighted by Crippen LogP contribution is 2.25. The quantitative estimate of drug-likeness (QED) is 0.868. The van der Waals surface area contributed by atoms with E-state index >= 15 is 0 Å². The van der Waals surface area contributed by atoms with Crippen LogP contribution in [0.1, 0.15) is 17.5 Å². The number of amides is 3. The van der Waals surface area contributed by atoms with E-state index in [1.165, 1.54) is 13.2 Å². The Labute approximate surface area is 138 Å². The van der Waals surface area contributed by atoms with Crippen LogP contribution in [0, 0.1) is 0 Å². The molecule has 1 N–H and O–H groups in total. The van der Waals surface area contributed by atoms with Crippen LogP contribution < -0.4 is 5.32 Å². The Morgan fingerprint density at radius 3 is 2.67 bits per heavy atom. The first-order chi connectivity index (χ1) is 11.6. The van der Waals surface area contributed by atoms with Gasteiger partial charge in [-0.1, -0.05) is 30.3 Å². The van der Waals surface area contributed by atoms with Crippen LogP contribution in [0.4, 0.5) is 4.79 Å². The molecule has 1 aromatic heterocycles. The molecule has 1 saturated heterocycles. The number of carbonyl (C=O) groups excluding carboxylic acids is 3. The molecular weight excluding hydrogens is 312 g/mol. The first kappa shape index (κ1) is 15.8. The predicted octanol–water partition coefficient (Wildman–Crippen LogP) is 2.04. The van der Waals surface area contributed by atoms with Crippen molar-refractivity contribution < 1.29 is 23.5 Å². The second-order valence-electron chi connectivity index (χ2n) is 5.30. The molecule has 0 radical (unpaired) electrons. The maximum atomic E-state index is 12.3. The van der Waals surface area contributed by atoms with Crippen LogP contribution in [0.15, 0.2) is 47.1 Å². The summed E-state index contributed by atoms with van der Waals surface area (Å²) in [4.78, 5) is 37.0. The highest BCUT2D eigenvalue weighted by molar-refractivity contribution is 6.00. The third kappa shape index (κ3) is 3.01. The predicted molar refractivity (Wildman–Crippen MR) is 84.1 cm³/mol. The van der Waals surface area contributed by atoms with E-state index in [9.17, 15) is 14.4 Å². The van der Waals surface area contributed by atoms with E-state index < -0.39 is 24.0 Å². The Morgan fingerprint density at radius 1 is 1.25 bits per heavy atom. The largest absolute Gasteiger partial charge is 0.457 e. The second-order valence-corrected chi connectivity index (χ2v) is 5.30.